The van der Waals surface area contributed by atoms with Crippen LogP contribution in [0.4, 0.5) is 0 Å². The molecule has 1 atom stereocenters. The Morgan fingerprint density at radius 2 is 1.84 bits per heavy atom. The van der Waals surface area contributed by atoms with Crippen molar-refractivity contribution in [3.63, 3.8) is 0 Å². The van der Waals surface area contributed by atoms with Gasteiger partial charge in [-0.3, -0.25) is 4.79 Å². The summed E-state index contributed by atoms with van der Waals surface area (Å²) in [5.74, 6) is 0.244. The first-order valence-corrected chi connectivity index (χ1v) is 10.7. The fraction of sp³-hybridized carbons (Fsp3) is 0.0870. The van der Waals surface area contributed by atoms with Crippen molar-refractivity contribution in [2.24, 2.45) is 5.10 Å². The number of hydrogen-bond donors (Lipinski definition) is 1. The van der Waals surface area contributed by atoms with Gasteiger partial charge in [-0.1, -0.05) is 51.8 Å². The van der Waals surface area contributed by atoms with E-state index >= 15 is 0 Å². The van der Waals surface area contributed by atoms with E-state index in [0.717, 1.165) is 4.47 Å². The Balaban J connectivity index is 1.44. The highest BCUT2D eigenvalue weighted by Gasteiger charge is 2.27. The van der Waals surface area contributed by atoms with Crippen LogP contribution in [0, 0.1) is 0 Å². The molecule has 9 heteroatoms. The second-order valence-corrected chi connectivity index (χ2v) is 7.97. The van der Waals surface area contributed by atoms with Gasteiger partial charge in [0.25, 0.3) is 5.91 Å². The SMILES string of the molecule is O=C(Oc1ccc(Br)cc1/C=N\NC(=O)[C@@H]1COc2ccccc2O1)c1ccccc1Cl. The van der Waals surface area contributed by atoms with E-state index in [-0.39, 0.29) is 22.9 Å². The molecule has 0 saturated heterocycles. The molecule has 4 rings (SSSR count). The largest absolute Gasteiger partial charge is 0.485 e. The van der Waals surface area contributed by atoms with Crippen LogP contribution in [0.15, 0.2) is 76.3 Å². The number of rotatable bonds is 5. The Kier molecular flexibility index (Phi) is 6.72. The van der Waals surface area contributed by atoms with Crippen molar-refractivity contribution in [2.45, 2.75) is 6.10 Å². The number of carbonyl (C=O) groups is 2. The fourth-order valence-corrected chi connectivity index (χ4v) is 3.47. The maximum atomic E-state index is 12.5. The lowest BCUT2D eigenvalue weighted by molar-refractivity contribution is -0.130. The zero-order chi connectivity index (χ0) is 22.5. The molecule has 1 heterocycles. The van der Waals surface area contributed by atoms with Crippen LogP contribution in [-0.4, -0.2) is 30.8 Å². The summed E-state index contributed by atoms with van der Waals surface area (Å²) in [4.78, 5) is 24.9. The predicted molar refractivity (Wildman–Crippen MR) is 123 cm³/mol. The van der Waals surface area contributed by atoms with Gasteiger partial charge < -0.3 is 14.2 Å². The van der Waals surface area contributed by atoms with Crippen LogP contribution in [0.2, 0.25) is 5.02 Å². The molecule has 0 unspecified atom stereocenters. The van der Waals surface area contributed by atoms with Gasteiger partial charge in [0.05, 0.1) is 16.8 Å². The number of benzene rings is 3. The average molecular weight is 516 g/mol. The summed E-state index contributed by atoms with van der Waals surface area (Å²) in [6.45, 7) is 0.0654. The number of esters is 1. The molecule has 3 aromatic rings. The highest BCUT2D eigenvalue weighted by Crippen LogP contribution is 2.31. The number of nitrogens with zero attached hydrogens (tertiary/aromatic N) is 1. The second-order valence-electron chi connectivity index (χ2n) is 6.65. The number of halogens is 2. The summed E-state index contributed by atoms with van der Waals surface area (Å²) in [7, 11) is 0. The van der Waals surface area contributed by atoms with Gasteiger partial charge in [-0.05, 0) is 42.5 Å². The molecule has 32 heavy (non-hydrogen) atoms. The topological polar surface area (TPSA) is 86.2 Å². The van der Waals surface area contributed by atoms with Gasteiger partial charge >= 0.3 is 5.97 Å². The third kappa shape index (κ3) is 5.09. The first-order chi connectivity index (χ1) is 15.5. The number of nitrogens with one attached hydrogen (secondary N) is 1. The highest BCUT2D eigenvalue weighted by molar-refractivity contribution is 9.10. The highest BCUT2D eigenvalue weighted by atomic mass is 79.9. The van der Waals surface area contributed by atoms with E-state index < -0.39 is 18.0 Å². The molecule has 0 saturated carbocycles. The molecule has 0 spiro atoms. The Labute approximate surface area is 197 Å². The molecular weight excluding hydrogens is 500 g/mol. The number of carbonyl (C=O) groups excluding carboxylic acids is 2. The van der Waals surface area contributed by atoms with Crippen LogP contribution in [0.25, 0.3) is 0 Å². The van der Waals surface area contributed by atoms with Gasteiger partial charge in [-0.15, -0.1) is 0 Å². The standard InChI is InChI=1S/C23H16BrClN2O5/c24-15-9-10-18(32-23(29)16-5-1-2-6-17(16)25)14(11-15)12-26-27-22(28)21-13-30-19-7-3-4-8-20(19)31-21/h1-12,21H,13H2,(H,27,28)/b26-12-/t21-/m0/s1. The van der Waals surface area contributed by atoms with E-state index in [0.29, 0.717) is 17.1 Å². The smallest absolute Gasteiger partial charge is 0.345 e. The van der Waals surface area contributed by atoms with Crippen molar-refractivity contribution in [2.75, 3.05) is 6.61 Å². The lowest BCUT2D eigenvalue weighted by Gasteiger charge is -2.24. The molecule has 0 aliphatic carbocycles. The fourth-order valence-electron chi connectivity index (χ4n) is 2.88. The molecule has 1 N–H and O–H groups in total. The molecule has 0 radical (unpaired) electrons. The monoisotopic (exact) mass is 514 g/mol. The average Bonchev–Trinajstić information content (AvgIpc) is 2.80. The van der Waals surface area contributed by atoms with Crippen LogP contribution in [0.3, 0.4) is 0 Å². The maximum Gasteiger partial charge on any atom is 0.345 e. The van der Waals surface area contributed by atoms with E-state index in [1.807, 2.05) is 6.07 Å². The van der Waals surface area contributed by atoms with Crippen LogP contribution >= 0.6 is 27.5 Å². The minimum atomic E-state index is -0.845. The Morgan fingerprint density at radius 1 is 1.09 bits per heavy atom. The summed E-state index contributed by atoms with van der Waals surface area (Å²) in [6, 6.07) is 18.7. The quantitative estimate of drug-likeness (QED) is 0.232. The van der Waals surface area contributed by atoms with E-state index in [4.69, 9.17) is 25.8 Å². The summed E-state index contributed by atoms with van der Waals surface area (Å²) in [5, 5.41) is 4.26. The number of hydrazone groups is 1. The summed E-state index contributed by atoms with van der Waals surface area (Å²) >= 11 is 9.44. The number of ether oxygens (including phenoxy) is 3. The molecule has 1 aliphatic rings. The molecular formula is C23H16BrClN2O5. The van der Waals surface area contributed by atoms with Crippen molar-refractivity contribution in [1.29, 1.82) is 0 Å². The number of fused-ring (bicyclic) bond motifs is 1. The minimum absolute atomic E-state index is 0.0654. The first-order valence-electron chi connectivity index (χ1n) is 9.49. The Morgan fingerprint density at radius 3 is 2.66 bits per heavy atom. The van der Waals surface area contributed by atoms with E-state index in [1.165, 1.54) is 6.21 Å². The molecule has 3 aromatic carbocycles. The number of para-hydroxylation sites is 2. The van der Waals surface area contributed by atoms with E-state index in [9.17, 15) is 9.59 Å². The van der Waals surface area contributed by atoms with Gasteiger partial charge in [0.1, 0.15) is 12.4 Å². The number of amides is 1. The van der Waals surface area contributed by atoms with Crippen molar-refractivity contribution in [3.05, 3.63) is 87.4 Å². The third-order valence-corrected chi connectivity index (χ3v) is 5.27. The van der Waals surface area contributed by atoms with E-state index in [1.54, 1.807) is 60.7 Å². The lowest BCUT2D eigenvalue weighted by atomic mass is 10.2. The molecule has 1 amide bonds. The van der Waals surface area contributed by atoms with Crippen molar-refractivity contribution in [3.8, 4) is 17.2 Å². The van der Waals surface area contributed by atoms with Crippen LogP contribution in [0.5, 0.6) is 17.2 Å². The second kappa shape index (κ2) is 9.84. The number of hydrogen-bond acceptors (Lipinski definition) is 6. The van der Waals surface area contributed by atoms with Crippen molar-refractivity contribution in [1.82, 2.24) is 5.43 Å². The molecule has 7 nitrogen and oxygen atoms in total. The third-order valence-electron chi connectivity index (χ3n) is 4.45. The molecule has 0 aromatic heterocycles. The molecule has 0 bridgehead atoms. The molecule has 1 aliphatic heterocycles. The summed E-state index contributed by atoms with van der Waals surface area (Å²) in [6.07, 6.45) is 0.525. The van der Waals surface area contributed by atoms with E-state index in [2.05, 4.69) is 26.5 Å². The Hall–Kier alpha value is -3.36. The van der Waals surface area contributed by atoms with Crippen molar-refractivity contribution >= 4 is 45.6 Å². The van der Waals surface area contributed by atoms with Gasteiger partial charge in [-0.25, -0.2) is 10.2 Å². The van der Waals surface area contributed by atoms with Crippen molar-refractivity contribution < 1.29 is 23.8 Å². The van der Waals surface area contributed by atoms with Gasteiger partial charge in [-0.2, -0.15) is 5.10 Å². The van der Waals surface area contributed by atoms with Crippen LogP contribution in [-0.2, 0) is 4.79 Å². The zero-order valence-electron chi connectivity index (χ0n) is 16.5. The summed E-state index contributed by atoms with van der Waals surface area (Å²) < 4.78 is 17.4. The van der Waals surface area contributed by atoms with Gasteiger partial charge in [0.15, 0.2) is 11.5 Å². The predicted octanol–water partition coefficient (Wildman–Crippen LogP) is 4.61. The zero-order valence-corrected chi connectivity index (χ0v) is 18.8. The summed E-state index contributed by atoms with van der Waals surface area (Å²) in [5.41, 5.74) is 3.12. The lowest BCUT2D eigenvalue weighted by Crippen LogP contribution is -2.42. The minimum Gasteiger partial charge on any atom is -0.485 e. The molecule has 162 valence electrons. The first kappa shape index (κ1) is 21.9. The van der Waals surface area contributed by atoms with Crippen LogP contribution in [0.1, 0.15) is 15.9 Å². The maximum absolute atomic E-state index is 12.5. The van der Waals surface area contributed by atoms with Crippen LogP contribution < -0.4 is 19.6 Å². The van der Waals surface area contributed by atoms with Gasteiger partial charge in [0.2, 0.25) is 6.10 Å². The molecule has 0 fully saturated rings. The Bertz CT molecular complexity index is 1200. The van der Waals surface area contributed by atoms with Gasteiger partial charge in [0, 0.05) is 10.0 Å². The normalized spacial score (nSPS) is 14.8.